The summed E-state index contributed by atoms with van der Waals surface area (Å²) in [6.45, 7) is 5.21. The van der Waals surface area contributed by atoms with Gasteiger partial charge in [-0.1, -0.05) is 5.16 Å². The molecule has 2 fully saturated rings. The zero-order chi connectivity index (χ0) is 18.1. The number of fused-ring (bicyclic) bond motifs is 3. The molecule has 4 heterocycles. The Bertz CT molecular complexity index is 778. The number of rotatable bonds is 4. The first kappa shape index (κ1) is 16.9. The molecule has 0 aliphatic carbocycles. The summed E-state index contributed by atoms with van der Waals surface area (Å²) in [6.07, 6.45) is 1.73. The minimum absolute atomic E-state index is 0.0592. The second kappa shape index (κ2) is 7.00. The van der Waals surface area contributed by atoms with Crippen LogP contribution in [0.3, 0.4) is 0 Å². The molecule has 138 valence electrons. The van der Waals surface area contributed by atoms with E-state index in [1.165, 1.54) is 0 Å². The SMILES string of the molecule is Cc1noc(-c2ccc(N3C[C@H]4COC[C@@H]3CN(CC(=O)O)C4)nc2)n1. The molecule has 0 amide bonds. The standard InChI is InChI=1S/C17H21N5O4/c1-11-19-17(26-20-11)13-2-3-15(18-4-13)22-6-12-5-21(8-16(23)24)7-14(22)10-25-9-12/h2-4,12,14H,5-10H2,1H3,(H,23,24)/t12-,14-/m0/s1. The smallest absolute Gasteiger partial charge is 0.317 e. The summed E-state index contributed by atoms with van der Waals surface area (Å²) < 4.78 is 11.0. The number of carboxylic acids is 1. The molecule has 2 aliphatic heterocycles. The molecule has 0 spiro atoms. The molecule has 2 atom stereocenters. The minimum Gasteiger partial charge on any atom is -0.480 e. The van der Waals surface area contributed by atoms with Gasteiger partial charge in [0.1, 0.15) is 5.82 Å². The van der Waals surface area contributed by atoms with Crippen molar-refractivity contribution < 1.29 is 19.2 Å². The Labute approximate surface area is 150 Å². The molecule has 2 aliphatic rings. The van der Waals surface area contributed by atoms with Gasteiger partial charge in [0.15, 0.2) is 5.82 Å². The molecular formula is C17H21N5O4. The Morgan fingerprint density at radius 1 is 1.31 bits per heavy atom. The topological polar surface area (TPSA) is 105 Å². The fraction of sp³-hybridized carbons (Fsp3) is 0.529. The first-order valence-electron chi connectivity index (χ1n) is 8.64. The zero-order valence-corrected chi connectivity index (χ0v) is 14.5. The molecule has 2 bridgehead atoms. The van der Waals surface area contributed by atoms with Crippen molar-refractivity contribution in [3.05, 3.63) is 24.2 Å². The Hall–Kier alpha value is -2.52. The van der Waals surface area contributed by atoms with Crippen molar-refractivity contribution in [2.24, 2.45) is 5.92 Å². The Morgan fingerprint density at radius 3 is 2.88 bits per heavy atom. The second-order valence-electron chi connectivity index (χ2n) is 6.85. The van der Waals surface area contributed by atoms with Crippen LogP contribution in [-0.2, 0) is 9.53 Å². The average molecular weight is 359 g/mol. The van der Waals surface area contributed by atoms with Crippen molar-refractivity contribution in [1.29, 1.82) is 0 Å². The molecule has 2 saturated heterocycles. The van der Waals surface area contributed by atoms with Gasteiger partial charge in [-0.15, -0.1) is 0 Å². The van der Waals surface area contributed by atoms with E-state index in [9.17, 15) is 4.79 Å². The van der Waals surface area contributed by atoms with Crippen molar-refractivity contribution >= 4 is 11.8 Å². The van der Waals surface area contributed by atoms with Crippen molar-refractivity contribution in [3.8, 4) is 11.5 Å². The third kappa shape index (κ3) is 3.54. The number of hydrogen-bond donors (Lipinski definition) is 1. The summed E-state index contributed by atoms with van der Waals surface area (Å²) >= 11 is 0. The first-order chi connectivity index (χ1) is 12.6. The third-order valence-corrected chi connectivity index (χ3v) is 4.72. The second-order valence-corrected chi connectivity index (χ2v) is 6.85. The largest absolute Gasteiger partial charge is 0.480 e. The van der Waals surface area contributed by atoms with Gasteiger partial charge in [0.25, 0.3) is 5.89 Å². The van der Waals surface area contributed by atoms with E-state index >= 15 is 0 Å². The molecule has 1 N–H and O–H groups in total. The number of carboxylic acid groups (broad SMARTS) is 1. The van der Waals surface area contributed by atoms with E-state index in [1.807, 2.05) is 17.0 Å². The Balaban J connectivity index is 1.55. The number of nitrogens with zero attached hydrogens (tertiary/aromatic N) is 5. The van der Waals surface area contributed by atoms with E-state index in [2.05, 4.69) is 20.0 Å². The van der Waals surface area contributed by atoms with Gasteiger partial charge in [-0.3, -0.25) is 9.69 Å². The predicted molar refractivity (Wildman–Crippen MR) is 91.8 cm³/mol. The number of aryl methyl sites for hydroxylation is 1. The van der Waals surface area contributed by atoms with Crippen LogP contribution in [0.5, 0.6) is 0 Å². The lowest BCUT2D eigenvalue weighted by Crippen LogP contribution is -2.45. The maximum absolute atomic E-state index is 11.1. The normalized spacial score (nSPS) is 23.7. The van der Waals surface area contributed by atoms with E-state index < -0.39 is 5.97 Å². The Morgan fingerprint density at radius 2 is 2.19 bits per heavy atom. The van der Waals surface area contributed by atoms with Crippen molar-refractivity contribution in [2.45, 2.75) is 13.0 Å². The van der Waals surface area contributed by atoms with Gasteiger partial charge in [-0.25, -0.2) is 4.98 Å². The molecule has 2 aromatic heterocycles. The third-order valence-electron chi connectivity index (χ3n) is 4.72. The van der Waals surface area contributed by atoms with Crippen LogP contribution in [0.15, 0.2) is 22.9 Å². The lowest BCUT2D eigenvalue weighted by atomic mass is 10.1. The maximum Gasteiger partial charge on any atom is 0.317 e. The van der Waals surface area contributed by atoms with Gasteiger partial charge in [-0.2, -0.15) is 4.98 Å². The van der Waals surface area contributed by atoms with Gasteiger partial charge >= 0.3 is 5.97 Å². The fourth-order valence-electron chi connectivity index (χ4n) is 3.64. The lowest BCUT2D eigenvalue weighted by molar-refractivity contribution is -0.138. The first-order valence-corrected chi connectivity index (χ1v) is 8.64. The van der Waals surface area contributed by atoms with Crippen LogP contribution in [0.1, 0.15) is 5.82 Å². The summed E-state index contributed by atoms with van der Waals surface area (Å²) in [5.74, 6) is 1.34. The fourth-order valence-corrected chi connectivity index (χ4v) is 3.64. The van der Waals surface area contributed by atoms with Gasteiger partial charge in [0.05, 0.1) is 31.4 Å². The maximum atomic E-state index is 11.1. The molecule has 0 unspecified atom stereocenters. The van der Waals surface area contributed by atoms with Crippen LogP contribution in [0.4, 0.5) is 5.82 Å². The monoisotopic (exact) mass is 359 g/mol. The minimum atomic E-state index is -0.797. The Kier molecular flexibility index (Phi) is 4.56. The lowest BCUT2D eigenvalue weighted by Gasteiger charge is -2.31. The summed E-state index contributed by atoms with van der Waals surface area (Å²) in [5, 5.41) is 12.9. The average Bonchev–Trinajstić information content (AvgIpc) is 2.83. The summed E-state index contributed by atoms with van der Waals surface area (Å²) in [4.78, 5) is 24.1. The van der Waals surface area contributed by atoms with E-state index in [-0.39, 0.29) is 18.5 Å². The van der Waals surface area contributed by atoms with Gasteiger partial charge in [-0.05, 0) is 19.1 Å². The molecule has 0 aromatic carbocycles. The van der Waals surface area contributed by atoms with Gasteiger partial charge in [0.2, 0.25) is 0 Å². The highest BCUT2D eigenvalue weighted by Crippen LogP contribution is 2.26. The van der Waals surface area contributed by atoms with Crippen LogP contribution in [0, 0.1) is 12.8 Å². The quantitative estimate of drug-likeness (QED) is 0.843. The van der Waals surface area contributed by atoms with E-state index in [4.69, 9.17) is 14.4 Å². The van der Waals surface area contributed by atoms with Crippen LogP contribution in [-0.4, -0.2) is 76.5 Å². The van der Waals surface area contributed by atoms with Crippen LogP contribution in [0.2, 0.25) is 0 Å². The van der Waals surface area contributed by atoms with Gasteiger partial charge < -0.3 is 19.3 Å². The highest BCUT2D eigenvalue weighted by Gasteiger charge is 2.34. The molecular weight excluding hydrogens is 338 g/mol. The highest BCUT2D eigenvalue weighted by atomic mass is 16.5. The summed E-state index contributed by atoms with van der Waals surface area (Å²) in [5.41, 5.74) is 0.774. The number of aromatic nitrogens is 3. The van der Waals surface area contributed by atoms with Crippen LogP contribution < -0.4 is 4.90 Å². The molecule has 9 heteroatoms. The molecule has 2 aromatic rings. The molecule has 26 heavy (non-hydrogen) atoms. The number of ether oxygens (including phenoxy) is 1. The summed E-state index contributed by atoms with van der Waals surface area (Å²) in [6, 6.07) is 3.93. The highest BCUT2D eigenvalue weighted by molar-refractivity contribution is 5.69. The van der Waals surface area contributed by atoms with Crippen molar-refractivity contribution in [3.63, 3.8) is 0 Å². The van der Waals surface area contributed by atoms with Crippen molar-refractivity contribution in [2.75, 3.05) is 44.3 Å². The van der Waals surface area contributed by atoms with E-state index in [1.54, 1.807) is 13.1 Å². The predicted octanol–water partition coefficient (Wildman–Crippen LogP) is 0.662. The van der Waals surface area contributed by atoms with Crippen LogP contribution >= 0.6 is 0 Å². The van der Waals surface area contributed by atoms with Gasteiger partial charge in [0, 0.05) is 31.7 Å². The van der Waals surface area contributed by atoms with Crippen molar-refractivity contribution in [1.82, 2.24) is 20.0 Å². The van der Waals surface area contributed by atoms with E-state index in [0.29, 0.717) is 31.5 Å². The zero-order valence-electron chi connectivity index (χ0n) is 14.5. The number of aliphatic carboxylic acids is 1. The molecule has 0 radical (unpaired) electrons. The van der Waals surface area contributed by atoms with Crippen LogP contribution in [0.25, 0.3) is 11.5 Å². The summed E-state index contributed by atoms with van der Waals surface area (Å²) in [7, 11) is 0. The number of carbonyl (C=O) groups is 1. The van der Waals surface area contributed by atoms with E-state index in [0.717, 1.165) is 24.5 Å². The number of hydrogen-bond acceptors (Lipinski definition) is 8. The number of pyridine rings is 1. The molecule has 0 saturated carbocycles. The number of anilines is 1. The molecule has 9 nitrogen and oxygen atoms in total. The molecule has 4 rings (SSSR count).